The third-order valence-corrected chi connectivity index (χ3v) is 4.16. The molecule has 2 aromatic rings. The summed E-state index contributed by atoms with van der Waals surface area (Å²) in [6, 6.07) is -0.266. The predicted molar refractivity (Wildman–Crippen MR) is 83.0 cm³/mol. The highest BCUT2D eigenvalue weighted by molar-refractivity contribution is 5.87. The number of aryl methyl sites for hydroxylation is 2. The highest BCUT2D eigenvalue weighted by Gasteiger charge is 2.25. The first kappa shape index (κ1) is 14.7. The third kappa shape index (κ3) is 2.40. The third-order valence-electron chi connectivity index (χ3n) is 4.16. The molecule has 1 saturated heterocycles. The van der Waals surface area contributed by atoms with Crippen LogP contribution in [0, 0.1) is 0 Å². The number of imidazole rings is 1. The zero-order chi connectivity index (χ0) is 15.7. The molecule has 22 heavy (non-hydrogen) atoms. The molecule has 0 N–H and O–H groups in total. The number of hydrogen-bond acceptors (Lipinski definition) is 4. The van der Waals surface area contributed by atoms with Crippen molar-refractivity contribution < 1.29 is 4.79 Å². The van der Waals surface area contributed by atoms with Crippen LogP contribution in [0.4, 0.5) is 4.79 Å². The zero-order valence-electron chi connectivity index (χ0n) is 13.1. The smallest absolute Gasteiger partial charge is 0.324 e. The van der Waals surface area contributed by atoms with Gasteiger partial charge in [-0.05, 0) is 19.3 Å². The number of amides is 1. The first-order valence-electron chi connectivity index (χ1n) is 7.86. The molecule has 0 radical (unpaired) electrons. The molecule has 1 aliphatic rings. The number of carbonyl (C=O) groups excluding carboxylic acids is 1. The van der Waals surface area contributed by atoms with Gasteiger partial charge >= 0.3 is 11.7 Å². The maximum atomic E-state index is 12.6. The van der Waals surface area contributed by atoms with E-state index in [-0.39, 0.29) is 11.7 Å². The zero-order valence-corrected chi connectivity index (χ0v) is 13.1. The van der Waals surface area contributed by atoms with Gasteiger partial charge in [0.1, 0.15) is 11.3 Å². The van der Waals surface area contributed by atoms with E-state index in [9.17, 15) is 9.59 Å². The van der Waals surface area contributed by atoms with Crippen LogP contribution in [-0.4, -0.2) is 43.1 Å². The number of hydrogen-bond donors (Lipinski definition) is 0. The molecule has 1 aliphatic heterocycles. The van der Waals surface area contributed by atoms with Gasteiger partial charge in [-0.1, -0.05) is 13.3 Å². The highest BCUT2D eigenvalue weighted by Crippen LogP contribution is 2.14. The number of rotatable bonds is 3. The summed E-state index contributed by atoms with van der Waals surface area (Å²) in [6.45, 7) is 3.52. The van der Waals surface area contributed by atoms with Crippen LogP contribution in [0.2, 0.25) is 0 Å². The summed E-state index contributed by atoms with van der Waals surface area (Å²) in [5.74, 6) is 0.718. The molecule has 0 aliphatic carbocycles. The van der Waals surface area contributed by atoms with E-state index in [2.05, 4.69) is 16.9 Å². The molecule has 1 amide bonds. The first-order chi connectivity index (χ1) is 10.6. The maximum Gasteiger partial charge on any atom is 0.338 e. The lowest BCUT2D eigenvalue weighted by Gasteiger charge is -2.14. The Kier molecular flexibility index (Phi) is 3.96. The SMILES string of the molecule is CCCCc1ncc2c(n1)n(C)c(=O)n2C(=O)N1CCCC1. The normalized spacial score (nSPS) is 14.9. The number of aromatic nitrogens is 4. The Balaban J connectivity index is 2.05. The molecule has 0 aromatic carbocycles. The van der Waals surface area contributed by atoms with Gasteiger partial charge in [0.25, 0.3) is 0 Å². The Morgan fingerprint density at radius 2 is 2.05 bits per heavy atom. The van der Waals surface area contributed by atoms with E-state index < -0.39 is 0 Å². The first-order valence-corrected chi connectivity index (χ1v) is 7.86. The van der Waals surface area contributed by atoms with E-state index in [4.69, 9.17) is 0 Å². The molecule has 2 aromatic heterocycles. The lowest BCUT2D eigenvalue weighted by molar-refractivity contribution is 0.210. The average molecular weight is 303 g/mol. The van der Waals surface area contributed by atoms with Crippen LogP contribution in [0.1, 0.15) is 38.4 Å². The van der Waals surface area contributed by atoms with Crippen LogP contribution in [0.5, 0.6) is 0 Å². The van der Waals surface area contributed by atoms with E-state index >= 15 is 0 Å². The Morgan fingerprint density at radius 3 is 2.73 bits per heavy atom. The van der Waals surface area contributed by atoms with Gasteiger partial charge in [0.15, 0.2) is 5.65 Å². The summed E-state index contributed by atoms with van der Waals surface area (Å²) in [6.07, 6.45) is 6.43. The van der Waals surface area contributed by atoms with Gasteiger partial charge in [0, 0.05) is 26.6 Å². The molecule has 3 rings (SSSR count). The van der Waals surface area contributed by atoms with Crippen LogP contribution in [0.15, 0.2) is 11.0 Å². The standard InChI is InChI=1S/C15H21N5O2/c1-3-4-7-12-16-10-11-13(17-12)18(2)14(21)20(11)15(22)19-8-5-6-9-19/h10H,3-9H2,1-2H3. The summed E-state index contributed by atoms with van der Waals surface area (Å²) in [5.41, 5.74) is 0.664. The molecular formula is C15H21N5O2. The van der Waals surface area contributed by atoms with Gasteiger partial charge in [0.05, 0.1) is 6.20 Å². The predicted octanol–water partition coefficient (Wildman–Crippen LogP) is 1.54. The van der Waals surface area contributed by atoms with Crippen molar-refractivity contribution in [2.45, 2.75) is 39.0 Å². The lowest BCUT2D eigenvalue weighted by Crippen LogP contribution is -2.38. The van der Waals surface area contributed by atoms with Crippen LogP contribution in [-0.2, 0) is 13.5 Å². The monoisotopic (exact) mass is 303 g/mol. The van der Waals surface area contributed by atoms with Crippen molar-refractivity contribution in [3.63, 3.8) is 0 Å². The molecule has 3 heterocycles. The number of nitrogens with zero attached hydrogens (tertiary/aromatic N) is 5. The van der Waals surface area contributed by atoms with Crippen molar-refractivity contribution in [2.24, 2.45) is 7.05 Å². The van der Waals surface area contributed by atoms with Crippen molar-refractivity contribution in [2.75, 3.05) is 13.1 Å². The van der Waals surface area contributed by atoms with Gasteiger partial charge in [-0.25, -0.2) is 24.1 Å². The number of carbonyl (C=O) groups is 1. The molecule has 0 unspecified atom stereocenters. The molecule has 7 heteroatoms. The molecular weight excluding hydrogens is 282 g/mol. The van der Waals surface area contributed by atoms with Crippen LogP contribution in [0.25, 0.3) is 11.2 Å². The largest absolute Gasteiger partial charge is 0.338 e. The second-order valence-electron chi connectivity index (χ2n) is 5.75. The highest BCUT2D eigenvalue weighted by atomic mass is 16.2. The summed E-state index contributed by atoms with van der Waals surface area (Å²) in [7, 11) is 1.65. The maximum absolute atomic E-state index is 12.6. The van der Waals surface area contributed by atoms with E-state index in [1.54, 1.807) is 18.1 Å². The second-order valence-corrected chi connectivity index (χ2v) is 5.75. The van der Waals surface area contributed by atoms with Crippen LogP contribution in [0.3, 0.4) is 0 Å². The lowest BCUT2D eigenvalue weighted by atomic mass is 10.2. The quantitative estimate of drug-likeness (QED) is 0.862. The fraction of sp³-hybridized carbons (Fsp3) is 0.600. The summed E-state index contributed by atoms with van der Waals surface area (Å²) >= 11 is 0. The Labute approximate surface area is 128 Å². The van der Waals surface area contributed by atoms with E-state index in [0.717, 1.165) is 37.9 Å². The van der Waals surface area contributed by atoms with Crippen molar-refractivity contribution in [3.05, 3.63) is 22.5 Å². The Bertz CT molecular complexity index is 755. The van der Waals surface area contributed by atoms with Crippen LogP contribution >= 0.6 is 0 Å². The average Bonchev–Trinajstić information content (AvgIpc) is 3.14. The molecule has 0 saturated carbocycles. The molecule has 0 atom stereocenters. The second kappa shape index (κ2) is 5.90. The minimum atomic E-state index is -0.353. The molecule has 118 valence electrons. The Hall–Kier alpha value is -2.18. The van der Waals surface area contributed by atoms with Gasteiger partial charge in [0.2, 0.25) is 0 Å². The van der Waals surface area contributed by atoms with Crippen molar-refractivity contribution in [3.8, 4) is 0 Å². The fourth-order valence-corrected chi connectivity index (χ4v) is 2.84. The minimum absolute atomic E-state index is 0.266. The Morgan fingerprint density at radius 1 is 1.32 bits per heavy atom. The van der Waals surface area contributed by atoms with Crippen LogP contribution < -0.4 is 5.69 Å². The summed E-state index contributed by atoms with van der Waals surface area (Å²) in [4.78, 5) is 35.5. The number of likely N-dealkylation sites (tertiary alicyclic amines) is 1. The van der Waals surface area contributed by atoms with Crippen molar-refractivity contribution >= 4 is 17.2 Å². The van der Waals surface area contributed by atoms with E-state index in [1.807, 2.05) is 0 Å². The topological polar surface area (TPSA) is 73.0 Å². The van der Waals surface area contributed by atoms with Gasteiger partial charge in [-0.2, -0.15) is 0 Å². The van der Waals surface area contributed by atoms with Crippen molar-refractivity contribution in [1.29, 1.82) is 0 Å². The summed E-state index contributed by atoms with van der Waals surface area (Å²) in [5, 5.41) is 0. The van der Waals surface area contributed by atoms with Gasteiger partial charge in [-0.15, -0.1) is 0 Å². The molecule has 0 bridgehead atoms. The van der Waals surface area contributed by atoms with Gasteiger partial charge in [-0.3, -0.25) is 4.57 Å². The molecule has 7 nitrogen and oxygen atoms in total. The minimum Gasteiger partial charge on any atom is -0.324 e. The van der Waals surface area contributed by atoms with E-state index in [0.29, 0.717) is 24.3 Å². The molecule has 1 fully saturated rings. The molecule has 0 spiro atoms. The van der Waals surface area contributed by atoms with E-state index in [1.165, 1.54) is 9.13 Å². The van der Waals surface area contributed by atoms with Crippen molar-refractivity contribution in [1.82, 2.24) is 24.0 Å². The number of fused-ring (bicyclic) bond motifs is 1. The summed E-state index contributed by atoms with van der Waals surface area (Å²) < 4.78 is 2.63. The van der Waals surface area contributed by atoms with Gasteiger partial charge < -0.3 is 4.90 Å². The fourth-order valence-electron chi connectivity index (χ4n) is 2.84. The number of unbranched alkanes of at least 4 members (excludes halogenated alkanes) is 1.